The van der Waals surface area contributed by atoms with Crippen molar-refractivity contribution in [1.29, 1.82) is 0 Å². The number of fused-ring (bicyclic) bond motifs is 1. The highest BCUT2D eigenvalue weighted by Gasteiger charge is 2.29. The van der Waals surface area contributed by atoms with Gasteiger partial charge < -0.3 is 15.0 Å². The largest absolute Gasteiger partial charge is 0.462 e. The Morgan fingerprint density at radius 2 is 1.83 bits per heavy atom. The lowest BCUT2D eigenvalue weighted by Gasteiger charge is -2.22. The van der Waals surface area contributed by atoms with E-state index in [2.05, 4.69) is 23.4 Å². The van der Waals surface area contributed by atoms with E-state index in [1.54, 1.807) is 6.92 Å². The molecule has 0 bridgehead atoms. The predicted octanol–water partition coefficient (Wildman–Crippen LogP) is 3.95. The second-order valence-electron chi connectivity index (χ2n) is 7.79. The fraction of sp³-hybridized carbons (Fsp3) is 0.333. The number of hydrogen-bond acceptors (Lipinski definition) is 7. The number of ether oxygens (including phenoxy) is 1. The highest BCUT2D eigenvalue weighted by atomic mass is 35.5. The number of rotatable bonds is 10. The van der Waals surface area contributed by atoms with Gasteiger partial charge in [-0.25, -0.2) is 13.2 Å². The van der Waals surface area contributed by atoms with Crippen LogP contribution in [0.2, 0.25) is 0 Å². The lowest BCUT2D eigenvalue weighted by Crippen LogP contribution is -2.31. The summed E-state index contributed by atoms with van der Waals surface area (Å²) in [5.74, 6) is -0.888. The van der Waals surface area contributed by atoms with Crippen LogP contribution in [-0.2, 0) is 27.7 Å². The zero-order valence-corrected chi connectivity index (χ0v) is 22.2. The molecule has 0 saturated carbocycles. The third-order valence-electron chi connectivity index (χ3n) is 5.37. The Morgan fingerprint density at radius 3 is 2.40 bits per heavy atom. The normalized spacial score (nSPS) is 13.5. The summed E-state index contributed by atoms with van der Waals surface area (Å²) in [5.41, 5.74) is 1.60. The van der Waals surface area contributed by atoms with Crippen molar-refractivity contribution in [3.63, 3.8) is 0 Å². The van der Waals surface area contributed by atoms with Crippen molar-refractivity contribution in [3.8, 4) is 0 Å². The third kappa shape index (κ3) is 6.39. The van der Waals surface area contributed by atoms with Crippen molar-refractivity contribution >= 4 is 50.6 Å². The SMILES string of the molecule is C=CCN(CC=C)S(=O)(=O)c1ccc(C(=O)Nc2sc3c(c2C(=O)OCC)CCN(C)C3)cc1.Cl. The van der Waals surface area contributed by atoms with Crippen LogP contribution < -0.4 is 5.32 Å². The molecular formula is C24H30ClN3O5S2. The molecule has 2 heterocycles. The molecule has 0 spiro atoms. The maximum Gasteiger partial charge on any atom is 0.341 e. The number of hydrogen-bond donors (Lipinski definition) is 1. The zero-order valence-electron chi connectivity index (χ0n) is 19.8. The second kappa shape index (κ2) is 12.5. The van der Waals surface area contributed by atoms with Gasteiger partial charge in [-0.1, -0.05) is 12.2 Å². The summed E-state index contributed by atoms with van der Waals surface area (Å²) in [7, 11) is -1.76. The number of carbonyl (C=O) groups excluding carboxylic acids is 2. The number of nitrogens with zero attached hydrogens (tertiary/aromatic N) is 2. The van der Waals surface area contributed by atoms with Crippen LogP contribution in [0.3, 0.4) is 0 Å². The molecule has 8 nitrogen and oxygen atoms in total. The molecule has 0 atom stereocenters. The molecule has 11 heteroatoms. The number of halogens is 1. The van der Waals surface area contributed by atoms with Gasteiger partial charge in [0, 0.05) is 36.6 Å². The fourth-order valence-electron chi connectivity index (χ4n) is 3.70. The van der Waals surface area contributed by atoms with E-state index in [1.165, 1.54) is 52.1 Å². The van der Waals surface area contributed by atoms with Crippen LogP contribution in [0.5, 0.6) is 0 Å². The smallest absolute Gasteiger partial charge is 0.341 e. The minimum Gasteiger partial charge on any atom is -0.462 e. The first-order valence-corrected chi connectivity index (χ1v) is 13.1. The van der Waals surface area contributed by atoms with Crippen molar-refractivity contribution < 1.29 is 22.7 Å². The van der Waals surface area contributed by atoms with Crippen LogP contribution in [-0.4, -0.2) is 62.8 Å². The van der Waals surface area contributed by atoms with E-state index in [0.29, 0.717) is 23.5 Å². The minimum absolute atomic E-state index is 0. The number of carbonyl (C=O) groups is 2. The molecule has 190 valence electrons. The molecule has 0 saturated heterocycles. The van der Waals surface area contributed by atoms with E-state index in [9.17, 15) is 18.0 Å². The van der Waals surface area contributed by atoms with E-state index < -0.39 is 21.9 Å². The number of benzene rings is 1. The highest BCUT2D eigenvalue weighted by Crippen LogP contribution is 2.37. The maximum absolute atomic E-state index is 13.0. The number of anilines is 1. The number of esters is 1. The molecule has 35 heavy (non-hydrogen) atoms. The molecule has 1 aromatic heterocycles. The lowest BCUT2D eigenvalue weighted by atomic mass is 10.0. The summed E-state index contributed by atoms with van der Waals surface area (Å²) >= 11 is 1.37. The summed E-state index contributed by atoms with van der Waals surface area (Å²) in [6, 6.07) is 5.69. The van der Waals surface area contributed by atoms with Gasteiger partial charge in [0.15, 0.2) is 0 Å². The third-order valence-corrected chi connectivity index (χ3v) is 8.35. The Balaban J connectivity index is 0.00000432. The molecule has 1 aliphatic heterocycles. The van der Waals surface area contributed by atoms with E-state index in [0.717, 1.165) is 17.0 Å². The molecule has 1 aliphatic rings. The molecule has 1 aromatic carbocycles. The summed E-state index contributed by atoms with van der Waals surface area (Å²) in [6.07, 6.45) is 3.70. The summed E-state index contributed by atoms with van der Waals surface area (Å²) < 4.78 is 32.2. The van der Waals surface area contributed by atoms with E-state index in [-0.39, 0.29) is 42.6 Å². The monoisotopic (exact) mass is 539 g/mol. The molecule has 1 amide bonds. The van der Waals surface area contributed by atoms with Crippen molar-refractivity contribution in [1.82, 2.24) is 9.21 Å². The first-order chi connectivity index (χ1) is 16.2. The maximum atomic E-state index is 13.0. The topological polar surface area (TPSA) is 96.0 Å². The Hall–Kier alpha value is -2.50. The Kier molecular flexibility index (Phi) is 10.2. The van der Waals surface area contributed by atoms with E-state index in [1.807, 2.05) is 7.05 Å². The molecule has 0 radical (unpaired) electrons. The van der Waals surface area contributed by atoms with Crippen LogP contribution >= 0.6 is 23.7 Å². The predicted molar refractivity (Wildman–Crippen MR) is 141 cm³/mol. The van der Waals surface area contributed by atoms with Crippen LogP contribution in [0.25, 0.3) is 0 Å². The van der Waals surface area contributed by atoms with Gasteiger partial charge in [0.1, 0.15) is 5.00 Å². The molecule has 0 aliphatic carbocycles. The number of sulfonamides is 1. The van der Waals surface area contributed by atoms with Crippen molar-refractivity contribution in [2.45, 2.75) is 24.8 Å². The average Bonchev–Trinajstić information content (AvgIpc) is 3.15. The fourth-order valence-corrected chi connectivity index (χ4v) is 6.39. The molecule has 3 rings (SSSR count). The van der Waals surface area contributed by atoms with Gasteiger partial charge in [-0.2, -0.15) is 4.31 Å². The minimum atomic E-state index is -3.76. The van der Waals surface area contributed by atoms with Gasteiger partial charge in [-0.05, 0) is 50.2 Å². The zero-order chi connectivity index (χ0) is 24.9. The van der Waals surface area contributed by atoms with Crippen molar-refractivity contribution in [2.75, 3.05) is 38.6 Å². The van der Waals surface area contributed by atoms with Crippen molar-refractivity contribution in [3.05, 3.63) is 71.1 Å². The number of thiophene rings is 1. The van der Waals surface area contributed by atoms with E-state index >= 15 is 0 Å². The van der Waals surface area contributed by atoms with Crippen molar-refractivity contribution in [2.24, 2.45) is 0 Å². The molecule has 1 N–H and O–H groups in total. The van der Waals surface area contributed by atoms with Gasteiger partial charge in [0.25, 0.3) is 5.91 Å². The Bertz CT molecular complexity index is 1180. The van der Waals surface area contributed by atoms with Gasteiger partial charge in [-0.15, -0.1) is 36.9 Å². The molecule has 2 aromatic rings. The van der Waals surface area contributed by atoms with E-state index in [4.69, 9.17) is 4.74 Å². The van der Waals surface area contributed by atoms with Gasteiger partial charge >= 0.3 is 5.97 Å². The van der Waals surface area contributed by atoms with Gasteiger partial charge in [0.05, 0.1) is 17.1 Å². The molecule has 0 unspecified atom stereocenters. The summed E-state index contributed by atoms with van der Waals surface area (Å²) in [6.45, 7) is 11.0. The average molecular weight is 540 g/mol. The number of amides is 1. The lowest BCUT2D eigenvalue weighted by molar-refractivity contribution is 0.0526. The first-order valence-electron chi connectivity index (χ1n) is 10.9. The van der Waals surface area contributed by atoms with Crippen LogP contribution in [0.4, 0.5) is 5.00 Å². The highest BCUT2D eigenvalue weighted by molar-refractivity contribution is 7.89. The summed E-state index contributed by atoms with van der Waals surface area (Å²) in [4.78, 5) is 28.9. The Labute approximate surface area is 216 Å². The second-order valence-corrected chi connectivity index (χ2v) is 10.8. The standard InChI is InChI=1S/C24H29N3O5S2.ClH/c1-5-13-27(14-6-2)34(30,31)18-10-8-17(9-11-18)22(28)25-23-21(24(29)32-7-3)19-12-15-26(4)16-20(19)33-23;/h5-6,8-11H,1-2,7,12-16H2,3-4H3,(H,25,28);1H. The quantitative estimate of drug-likeness (QED) is 0.363. The first kappa shape index (κ1) is 28.7. The van der Waals surface area contributed by atoms with Gasteiger partial charge in [-0.3, -0.25) is 4.79 Å². The number of likely N-dealkylation sites (N-methyl/N-ethyl adjacent to an activating group) is 1. The Morgan fingerprint density at radius 1 is 1.20 bits per heavy atom. The van der Waals surface area contributed by atoms with Crippen LogP contribution in [0.1, 0.15) is 38.1 Å². The number of nitrogens with one attached hydrogen (secondary N) is 1. The van der Waals surface area contributed by atoms with Crippen LogP contribution in [0.15, 0.2) is 54.5 Å². The molecule has 0 fully saturated rings. The van der Waals surface area contributed by atoms with Crippen LogP contribution in [0, 0.1) is 0 Å². The molecular weight excluding hydrogens is 510 g/mol. The summed E-state index contributed by atoms with van der Waals surface area (Å²) in [5, 5.41) is 3.28. The van der Waals surface area contributed by atoms with Gasteiger partial charge in [0.2, 0.25) is 10.0 Å².